The molecule has 10 heteroatoms. The summed E-state index contributed by atoms with van der Waals surface area (Å²) < 4.78 is 28.8. The van der Waals surface area contributed by atoms with Crippen LogP contribution < -0.4 is 0 Å². The maximum Gasteiger partial charge on any atom is 0.338 e. The molecule has 1 aliphatic heterocycles. The SMILES string of the molecule is CCN(C(=O)C(C)OC(=O)c1ccc(SCc2cscn2)cc1)C1CCS(=O)(=O)C1. The number of esters is 1. The van der Waals surface area contributed by atoms with Crippen LogP contribution in [0.4, 0.5) is 0 Å². The molecule has 1 aliphatic rings. The molecular weight excluding hydrogens is 444 g/mol. The Hall–Kier alpha value is -1.91. The minimum absolute atomic E-state index is 0.0344. The predicted molar refractivity (Wildman–Crippen MR) is 117 cm³/mol. The van der Waals surface area contributed by atoms with E-state index in [1.165, 1.54) is 11.8 Å². The first-order valence-electron chi connectivity index (χ1n) is 9.61. The van der Waals surface area contributed by atoms with E-state index in [0.717, 1.165) is 16.3 Å². The molecule has 2 aromatic rings. The number of sulfone groups is 1. The summed E-state index contributed by atoms with van der Waals surface area (Å²) in [7, 11) is -3.11. The van der Waals surface area contributed by atoms with E-state index in [4.69, 9.17) is 4.74 Å². The number of thioether (sulfide) groups is 1. The number of benzene rings is 1. The zero-order chi connectivity index (χ0) is 21.7. The van der Waals surface area contributed by atoms with Crippen LogP contribution in [-0.4, -0.2) is 60.4 Å². The van der Waals surface area contributed by atoms with Crippen molar-refractivity contribution in [3.63, 3.8) is 0 Å². The third-order valence-electron chi connectivity index (χ3n) is 4.86. The summed E-state index contributed by atoms with van der Waals surface area (Å²) in [4.78, 5) is 31.9. The van der Waals surface area contributed by atoms with Crippen LogP contribution in [0, 0.1) is 0 Å². The van der Waals surface area contributed by atoms with E-state index in [2.05, 4.69) is 4.98 Å². The largest absolute Gasteiger partial charge is 0.449 e. The first kappa shape index (κ1) is 22.8. The first-order valence-corrected chi connectivity index (χ1v) is 13.4. The molecule has 1 aromatic carbocycles. The Kier molecular flexibility index (Phi) is 7.54. The van der Waals surface area contributed by atoms with E-state index in [-0.39, 0.29) is 23.5 Å². The van der Waals surface area contributed by atoms with E-state index in [9.17, 15) is 18.0 Å². The molecule has 0 radical (unpaired) electrons. The lowest BCUT2D eigenvalue weighted by molar-refractivity contribution is -0.141. The van der Waals surface area contributed by atoms with Crippen molar-refractivity contribution in [2.75, 3.05) is 18.1 Å². The molecule has 1 fully saturated rings. The average Bonchev–Trinajstić information content (AvgIpc) is 3.36. The number of rotatable bonds is 8. The van der Waals surface area contributed by atoms with Gasteiger partial charge >= 0.3 is 5.97 Å². The second kappa shape index (κ2) is 9.93. The Bertz CT molecular complexity index is 974. The van der Waals surface area contributed by atoms with Gasteiger partial charge in [0.05, 0.1) is 28.3 Å². The Morgan fingerprint density at radius 3 is 2.63 bits per heavy atom. The normalized spacial score (nSPS) is 18.7. The maximum absolute atomic E-state index is 12.7. The summed E-state index contributed by atoms with van der Waals surface area (Å²) in [5.41, 5.74) is 3.17. The number of hydrogen-bond acceptors (Lipinski definition) is 8. The van der Waals surface area contributed by atoms with Crippen molar-refractivity contribution >= 4 is 44.8 Å². The summed E-state index contributed by atoms with van der Waals surface area (Å²) in [5, 5.41) is 2.00. The lowest BCUT2D eigenvalue weighted by Gasteiger charge is -2.29. The van der Waals surface area contributed by atoms with Crippen LogP contribution in [0.3, 0.4) is 0 Å². The lowest BCUT2D eigenvalue weighted by atomic mass is 10.2. The molecule has 0 bridgehead atoms. The number of hydrogen-bond donors (Lipinski definition) is 0. The third-order valence-corrected chi connectivity index (χ3v) is 8.30. The van der Waals surface area contributed by atoms with Gasteiger partial charge in [-0.25, -0.2) is 18.2 Å². The van der Waals surface area contributed by atoms with Gasteiger partial charge in [0.25, 0.3) is 5.91 Å². The molecule has 0 saturated carbocycles. The monoisotopic (exact) mass is 468 g/mol. The number of carbonyl (C=O) groups excluding carboxylic acids is 2. The fraction of sp³-hybridized carbons (Fsp3) is 0.450. The minimum Gasteiger partial charge on any atom is -0.449 e. The highest BCUT2D eigenvalue weighted by molar-refractivity contribution is 7.98. The summed E-state index contributed by atoms with van der Waals surface area (Å²) in [6, 6.07) is 6.65. The topological polar surface area (TPSA) is 93.6 Å². The molecule has 2 atom stereocenters. The number of aromatic nitrogens is 1. The Morgan fingerprint density at radius 1 is 1.33 bits per heavy atom. The van der Waals surface area contributed by atoms with Crippen LogP contribution in [0.25, 0.3) is 0 Å². The van der Waals surface area contributed by atoms with E-state index in [1.807, 2.05) is 17.5 Å². The van der Waals surface area contributed by atoms with Gasteiger partial charge in [0.15, 0.2) is 15.9 Å². The molecule has 30 heavy (non-hydrogen) atoms. The van der Waals surface area contributed by atoms with E-state index < -0.39 is 21.9 Å². The summed E-state index contributed by atoms with van der Waals surface area (Å²) in [5.74, 6) is -0.149. The van der Waals surface area contributed by atoms with Crippen molar-refractivity contribution in [3.8, 4) is 0 Å². The summed E-state index contributed by atoms with van der Waals surface area (Å²) >= 11 is 3.17. The number of amides is 1. The van der Waals surface area contributed by atoms with Crippen molar-refractivity contribution in [2.45, 2.75) is 43.1 Å². The number of ether oxygens (including phenoxy) is 1. The third kappa shape index (κ3) is 5.83. The maximum atomic E-state index is 12.7. The van der Waals surface area contributed by atoms with Crippen LogP contribution in [0.15, 0.2) is 40.1 Å². The molecule has 7 nitrogen and oxygen atoms in total. The second-order valence-corrected chi connectivity index (χ2v) is 11.0. The van der Waals surface area contributed by atoms with Gasteiger partial charge in [-0.1, -0.05) is 0 Å². The Morgan fingerprint density at radius 2 is 2.07 bits per heavy atom. The Labute approximate surface area is 184 Å². The van der Waals surface area contributed by atoms with Gasteiger partial charge in [-0.05, 0) is 44.5 Å². The number of carbonyl (C=O) groups is 2. The molecular formula is C20H24N2O5S3. The quantitative estimate of drug-likeness (QED) is 0.434. The van der Waals surface area contributed by atoms with Gasteiger partial charge in [-0.3, -0.25) is 4.79 Å². The fourth-order valence-electron chi connectivity index (χ4n) is 3.28. The molecule has 162 valence electrons. The van der Waals surface area contributed by atoms with Crippen LogP contribution in [0.1, 0.15) is 36.3 Å². The fourth-order valence-corrected chi connectivity index (χ4v) is 6.48. The lowest BCUT2D eigenvalue weighted by Crippen LogP contribution is -2.46. The summed E-state index contributed by atoms with van der Waals surface area (Å²) in [6.45, 7) is 3.68. The Balaban J connectivity index is 1.55. The van der Waals surface area contributed by atoms with Gasteiger partial charge < -0.3 is 9.64 Å². The molecule has 3 rings (SSSR count). The van der Waals surface area contributed by atoms with E-state index in [0.29, 0.717) is 18.5 Å². The van der Waals surface area contributed by atoms with Gasteiger partial charge in [-0.15, -0.1) is 23.1 Å². The number of likely N-dealkylation sites (N-methyl/N-ethyl adjacent to an activating group) is 1. The smallest absolute Gasteiger partial charge is 0.338 e. The van der Waals surface area contributed by atoms with Crippen molar-refractivity contribution in [1.82, 2.24) is 9.88 Å². The van der Waals surface area contributed by atoms with Crippen LogP contribution in [0.5, 0.6) is 0 Å². The average molecular weight is 469 g/mol. The van der Waals surface area contributed by atoms with Crippen molar-refractivity contribution in [1.29, 1.82) is 0 Å². The molecule has 0 spiro atoms. The second-order valence-electron chi connectivity index (χ2n) is 7.02. The summed E-state index contributed by atoms with van der Waals surface area (Å²) in [6.07, 6.45) is -0.567. The first-order chi connectivity index (χ1) is 14.3. The molecule has 2 heterocycles. The van der Waals surface area contributed by atoms with Gasteiger partial charge in [0.2, 0.25) is 0 Å². The van der Waals surface area contributed by atoms with Crippen molar-refractivity contribution < 1.29 is 22.7 Å². The molecule has 2 unspecified atom stereocenters. The van der Waals surface area contributed by atoms with Crippen LogP contribution >= 0.6 is 23.1 Å². The van der Waals surface area contributed by atoms with Gasteiger partial charge in [0.1, 0.15) is 0 Å². The molecule has 1 amide bonds. The van der Waals surface area contributed by atoms with E-state index in [1.54, 1.807) is 47.7 Å². The standard InChI is InChI=1S/C20H24N2O5S3/c1-3-22(17-8-9-30(25,26)12-17)19(23)14(2)27-20(24)15-4-6-18(7-5-15)29-11-16-10-28-13-21-16/h4-7,10,13-14,17H,3,8-9,11-12H2,1-2H3. The zero-order valence-electron chi connectivity index (χ0n) is 16.8. The predicted octanol–water partition coefficient (Wildman–Crippen LogP) is 3.02. The van der Waals surface area contributed by atoms with Crippen molar-refractivity contribution in [3.05, 3.63) is 46.4 Å². The van der Waals surface area contributed by atoms with Crippen LogP contribution in [0.2, 0.25) is 0 Å². The van der Waals surface area contributed by atoms with Crippen LogP contribution in [-0.2, 0) is 25.1 Å². The number of nitrogens with zero attached hydrogens (tertiary/aromatic N) is 2. The van der Waals surface area contributed by atoms with Crippen molar-refractivity contribution in [2.24, 2.45) is 0 Å². The molecule has 0 aliphatic carbocycles. The minimum atomic E-state index is -3.11. The zero-order valence-corrected chi connectivity index (χ0v) is 19.3. The molecule has 1 saturated heterocycles. The van der Waals surface area contributed by atoms with Gasteiger partial charge in [0, 0.05) is 28.6 Å². The number of thiazole rings is 1. The highest BCUT2D eigenvalue weighted by Gasteiger charge is 2.36. The van der Waals surface area contributed by atoms with Gasteiger partial charge in [-0.2, -0.15) is 0 Å². The highest BCUT2D eigenvalue weighted by Crippen LogP contribution is 2.24. The highest BCUT2D eigenvalue weighted by atomic mass is 32.2. The van der Waals surface area contributed by atoms with E-state index >= 15 is 0 Å². The molecule has 0 N–H and O–H groups in total. The molecule has 1 aromatic heterocycles.